The van der Waals surface area contributed by atoms with Gasteiger partial charge in [0, 0.05) is 23.5 Å². The normalized spacial score (nSPS) is 17.1. The molecule has 1 saturated heterocycles. The Bertz CT molecular complexity index is 453. The number of carbonyl (C=O) groups is 1. The average molecular weight is 294 g/mol. The molecule has 1 aromatic rings. The number of carbonyl (C=O) groups excluding carboxylic acids is 1. The third-order valence-corrected chi connectivity index (χ3v) is 4.11. The Hall–Kier alpha value is -0.880. The molecule has 0 saturated carbocycles. The van der Waals surface area contributed by atoms with Crippen LogP contribution < -0.4 is 5.43 Å². The summed E-state index contributed by atoms with van der Waals surface area (Å²) in [5.41, 5.74) is 3.45. The van der Waals surface area contributed by atoms with E-state index in [1.807, 2.05) is 44.4 Å². The zero-order chi connectivity index (χ0) is 14.6. The van der Waals surface area contributed by atoms with Crippen molar-refractivity contribution in [1.82, 2.24) is 10.4 Å². The molecule has 0 aliphatic carbocycles. The molecule has 1 N–H and O–H groups in total. The van der Waals surface area contributed by atoms with Crippen molar-refractivity contribution < 1.29 is 9.53 Å². The second-order valence-corrected chi connectivity index (χ2v) is 6.27. The van der Waals surface area contributed by atoms with Gasteiger partial charge in [-0.1, -0.05) is 12.1 Å². The van der Waals surface area contributed by atoms with E-state index in [2.05, 4.69) is 10.4 Å². The minimum Gasteiger partial charge on any atom is -0.379 e. The van der Waals surface area contributed by atoms with E-state index in [1.165, 1.54) is 4.90 Å². The van der Waals surface area contributed by atoms with Crippen LogP contribution in [0.2, 0.25) is 0 Å². The lowest BCUT2D eigenvalue weighted by Gasteiger charge is -2.35. The number of ketones is 1. The highest BCUT2D eigenvalue weighted by Crippen LogP contribution is 2.19. The maximum Gasteiger partial charge on any atom is 0.183 e. The number of hydrogen-bond acceptors (Lipinski definition) is 5. The molecule has 0 atom stereocenters. The Balaban J connectivity index is 2.04. The Labute approximate surface area is 124 Å². The highest BCUT2D eigenvalue weighted by Gasteiger charge is 2.30. The van der Waals surface area contributed by atoms with Crippen molar-refractivity contribution in [3.63, 3.8) is 0 Å². The van der Waals surface area contributed by atoms with Gasteiger partial charge in [0.1, 0.15) is 0 Å². The number of rotatable bonds is 5. The molecule has 0 radical (unpaired) electrons. The number of hydrogen-bond donors (Lipinski definition) is 1. The van der Waals surface area contributed by atoms with E-state index < -0.39 is 5.54 Å². The Morgan fingerprint density at radius 1 is 1.25 bits per heavy atom. The lowest BCUT2D eigenvalue weighted by Crippen LogP contribution is -2.58. The smallest absolute Gasteiger partial charge is 0.183 e. The molecule has 1 aliphatic heterocycles. The topological polar surface area (TPSA) is 41.6 Å². The Morgan fingerprint density at radius 3 is 2.40 bits per heavy atom. The molecule has 0 amide bonds. The Kier molecular flexibility index (Phi) is 5.21. The largest absolute Gasteiger partial charge is 0.379 e. The zero-order valence-corrected chi connectivity index (χ0v) is 13.1. The first-order valence-corrected chi connectivity index (χ1v) is 8.05. The first kappa shape index (κ1) is 15.5. The minimum absolute atomic E-state index is 0.108. The van der Waals surface area contributed by atoms with Crippen molar-refractivity contribution in [2.75, 3.05) is 32.6 Å². The first-order valence-electron chi connectivity index (χ1n) is 6.82. The maximum atomic E-state index is 12.6. The van der Waals surface area contributed by atoms with Crippen LogP contribution in [0.25, 0.3) is 0 Å². The number of thioether (sulfide) groups is 1. The molecule has 1 heterocycles. The van der Waals surface area contributed by atoms with E-state index in [0.29, 0.717) is 13.2 Å². The van der Waals surface area contributed by atoms with Crippen LogP contribution in [0.3, 0.4) is 0 Å². The molecular weight excluding hydrogens is 272 g/mol. The summed E-state index contributed by atoms with van der Waals surface area (Å²) < 4.78 is 5.32. The summed E-state index contributed by atoms with van der Waals surface area (Å²) >= 11 is 1.68. The van der Waals surface area contributed by atoms with Crippen LogP contribution in [0.4, 0.5) is 0 Å². The average Bonchev–Trinajstić information content (AvgIpc) is 2.47. The second kappa shape index (κ2) is 6.72. The molecule has 4 nitrogen and oxygen atoms in total. The van der Waals surface area contributed by atoms with Gasteiger partial charge in [-0.25, -0.2) is 10.4 Å². The van der Waals surface area contributed by atoms with Gasteiger partial charge in [0.2, 0.25) is 0 Å². The molecule has 110 valence electrons. The van der Waals surface area contributed by atoms with Gasteiger partial charge < -0.3 is 4.74 Å². The predicted molar refractivity (Wildman–Crippen MR) is 82.2 cm³/mol. The van der Waals surface area contributed by atoms with E-state index in [1.54, 1.807) is 11.8 Å². The molecule has 0 unspecified atom stereocenters. The molecule has 1 aromatic carbocycles. The van der Waals surface area contributed by atoms with Gasteiger partial charge in [-0.3, -0.25) is 4.79 Å². The van der Waals surface area contributed by atoms with Crippen molar-refractivity contribution in [1.29, 1.82) is 0 Å². The fourth-order valence-corrected chi connectivity index (χ4v) is 2.63. The van der Waals surface area contributed by atoms with Gasteiger partial charge in [-0.15, -0.1) is 11.8 Å². The number of benzene rings is 1. The zero-order valence-electron chi connectivity index (χ0n) is 12.3. The quantitative estimate of drug-likeness (QED) is 0.666. The molecule has 0 aromatic heterocycles. The second-order valence-electron chi connectivity index (χ2n) is 5.39. The van der Waals surface area contributed by atoms with Crippen molar-refractivity contribution in [3.8, 4) is 0 Å². The van der Waals surface area contributed by atoms with E-state index in [0.717, 1.165) is 18.7 Å². The van der Waals surface area contributed by atoms with E-state index in [-0.39, 0.29) is 5.78 Å². The van der Waals surface area contributed by atoms with Gasteiger partial charge in [-0.2, -0.15) is 0 Å². The van der Waals surface area contributed by atoms with Crippen LogP contribution in [0.5, 0.6) is 0 Å². The third kappa shape index (κ3) is 3.82. The number of morpholine rings is 1. The fraction of sp³-hybridized carbons (Fsp3) is 0.533. The van der Waals surface area contributed by atoms with Gasteiger partial charge in [0.25, 0.3) is 0 Å². The molecule has 5 heteroatoms. The molecule has 1 aliphatic rings. The summed E-state index contributed by atoms with van der Waals surface area (Å²) in [5.74, 6) is 0.108. The molecule has 0 spiro atoms. The predicted octanol–water partition coefficient (Wildman–Crippen LogP) is 2.21. The van der Waals surface area contributed by atoms with Crippen LogP contribution >= 0.6 is 11.8 Å². The van der Waals surface area contributed by atoms with E-state index >= 15 is 0 Å². The lowest BCUT2D eigenvalue weighted by molar-refractivity contribution is -0.00512. The van der Waals surface area contributed by atoms with Crippen molar-refractivity contribution in [2.45, 2.75) is 24.3 Å². The molecule has 0 bridgehead atoms. The number of nitrogens with zero attached hydrogens (tertiary/aromatic N) is 1. The van der Waals surface area contributed by atoms with Crippen molar-refractivity contribution in [3.05, 3.63) is 29.8 Å². The molecule has 1 fully saturated rings. The standard InChI is InChI=1S/C15H22N2O2S/c1-15(2,16-17-8-10-19-11-9-17)14(18)12-4-6-13(20-3)7-5-12/h4-7,16H,8-11H2,1-3H3. The van der Waals surface area contributed by atoms with Crippen molar-refractivity contribution in [2.24, 2.45) is 0 Å². The molecule has 20 heavy (non-hydrogen) atoms. The third-order valence-electron chi connectivity index (χ3n) is 3.37. The monoisotopic (exact) mass is 294 g/mol. The van der Waals surface area contributed by atoms with Crippen LogP contribution in [-0.4, -0.2) is 48.9 Å². The van der Waals surface area contributed by atoms with Gasteiger partial charge >= 0.3 is 0 Å². The number of ether oxygens (including phenoxy) is 1. The van der Waals surface area contributed by atoms with Crippen molar-refractivity contribution >= 4 is 17.5 Å². The SMILES string of the molecule is CSc1ccc(C(=O)C(C)(C)NN2CCOCC2)cc1. The maximum absolute atomic E-state index is 12.6. The molecular formula is C15H22N2O2S. The van der Waals surface area contributed by atoms with Gasteiger partial charge in [0.15, 0.2) is 5.78 Å². The summed E-state index contributed by atoms with van der Waals surface area (Å²) in [6.45, 7) is 6.88. The summed E-state index contributed by atoms with van der Waals surface area (Å²) in [5, 5.41) is 2.07. The fourth-order valence-electron chi connectivity index (χ4n) is 2.22. The van der Waals surface area contributed by atoms with E-state index in [4.69, 9.17) is 4.74 Å². The summed E-state index contributed by atoms with van der Waals surface area (Å²) in [6, 6.07) is 7.78. The van der Waals surface area contributed by atoms with Crippen LogP contribution in [0.15, 0.2) is 29.2 Å². The van der Waals surface area contributed by atoms with Gasteiger partial charge in [0.05, 0.1) is 18.8 Å². The minimum atomic E-state index is -0.613. The highest BCUT2D eigenvalue weighted by molar-refractivity contribution is 7.98. The van der Waals surface area contributed by atoms with Crippen LogP contribution in [0, 0.1) is 0 Å². The van der Waals surface area contributed by atoms with Gasteiger partial charge in [-0.05, 0) is 32.2 Å². The van der Waals surface area contributed by atoms with Crippen LogP contribution in [-0.2, 0) is 4.74 Å². The molecule has 2 rings (SSSR count). The number of hydrazine groups is 1. The van der Waals surface area contributed by atoms with E-state index in [9.17, 15) is 4.79 Å². The lowest BCUT2D eigenvalue weighted by atomic mass is 9.94. The number of nitrogens with one attached hydrogen (secondary N) is 1. The highest BCUT2D eigenvalue weighted by atomic mass is 32.2. The number of Topliss-reactive ketones (excluding diaryl/α,β-unsaturated/α-hetero) is 1. The first-order chi connectivity index (χ1) is 9.53. The van der Waals surface area contributed by atoms with Crippen LogP contribution in [0.1, 0.15) is 24.2 Å². The summed E-state index contributed by atoms with van der Waals surface area (Å²) in [6.07, 6.45) is 2.03. The summed E-state index contributed by atoms with van der Waals surface area (Å²) in [4.78, 5) is 13.8. The summed E-state index contributed by atoms with van der Waals surface area (Å²) in [7, 11) is 0. The Morgan fingerprint density at radius 2 is 1.85 bits per heavy atom.